The molecule has 0 fully saturated rings. The van der Waals surface area contributed by atoms with Crippen LogP contribution in [0.5, 0.6) is 0 Å². The summed E-state index contributed by atoms with van der Waals surface area (Å²) < 4.78 is 0. The fourth-order valence-electron chi connectivity index (χ4n) is 8.47. The van der Waals surface area contributed by atoms with Gasteiger partial charge in [-0.2, -0.15) is 0 Å². The van der Waals surface area contributed by atoms with Crippen LogP contribution < -0.4 is 0 Å². The van der Waals surface area contributed by atoms with Gasteiger partial charge in [0.05, 0.1) is 0 Å². The zero-order chi connectivity index (χ0) is 36.0. The summed E-state index contributed by atoms with van der Waals surface area (Å²) >= 11 is 0. The average molecular weight is 605 g/mol. The Bertz CT molecular complexity index is 884. The lowest BCUT2D eigenvalue weighted by Gasteiger charge is -2.42. The summed E-state index contributed by atoms with van der Waals surface area (Å²) in [5.41, 5.74) is 6.13. The van der Waals surface area contributed by atoms with Gasteiger partial charge < -0.3 is 0 Å². The smallest absolute Gasteiger partial charge is 0.106 e. The largest absolute Gasteiger partial charge is 0.124 e. The third-order valence-electron chi connectivity index (χ3n) is 8.57. The Labute approximate surface area is 282 Å². The SMILES string of the molecule is [B]C(=C)CC(C)(C)CC(C)(C)CC(C)(C)C(=C)CC(C)(C)C.[B]C(=C)CC(C)(C)CC(C)(C)CC(C)(C)C(=C)CC(C)(C)C. The van der Waals surface area contributed by atoms with E-state index in [4.69, 9.17) is 15.7 Å². The number of hydrogen-bond donors (Lipinski definition) is 0. The van der Waals surface area contributed by atoms with Gasteiger partial charge in [0.1, 0.15) is 15.7 Å². The minimum absolute atomic E-state index is 0.159. The van der Waals surface area contributed by atoms with E-state index in [2.05, 4.69) is 151 Å². The molecule has 0 N–H and O–H groups in total. The van der Waals surface area contributed by atoms with Crippen molar-refractivity contribution >= 4 is 15.7 Å². The second-order valence-corrected chi connectivity index (χ2v) is 21.5. The molecule has 0 aliphatic carbocycles. The Kier molecular flexibility index (Phi) is 16.2. The Morgan fingerprint density at radius 3 is 0.773 bits per heavy atom. The van der Waals surface area contributed by atoms with Crippen LogP contribution in [0.4, 0.5) is 0 Å². The minimum atomic E-state index is 0.159. The van der Waals surface area contributed by atoms with Gasteiger partial charge in [0, 0.05) is 0 Å². The molecule has 0 aliphatic heterocycles. The summed E-state index contributed by atoms with van der Waals surface area (Å²) in [6.45, 7) is 58.4. The monoisotopic (exact) mass is 605 g/mol. The van der Waals surface area contributed by atoms with Crippen molar-refractivity contribution in [2.45, 2.75) is 176 Å². The molecule has 0 aromatic rings. The summed E-state index contributed by atoms with van der Waals surface area (Å²) in [6.07, 6.45) is 8.52. The van der Waals surface area contributed by atoms with Crippen LogP contribution >= 0.6 is 0 Å². The molecule has 0 heterocycles. The number of hydrogen-bond acceptors (Lipinski definition) is 0. The van der Waals surface area contributed by atoms with Crippen molar-refractivity contribution in [2.24, 2.45) is 43.3 Å². The fourth-order valence-corrected chi connectivity index (χ4v) is 8.47. The molecule has 0 spiro atoms. The van der Waals surface area contributed by atoms with E-state index in [1.807, 2.05) is 0 Å². The van der Waals surface area contributed by atoms with Crippen molar-refractivity contribution in [1.82, 2.24) is 0 Å². The second-order valence-electron chi connectivity index (χ2n) is 21.5. The van der Waals surface area contributed by atoms with E-state index in [0.29, 0.717) is 10.8 Å². The first kappa shape index (κ1) is 45.2. The summed E-state index contributed by atoms with van der Waals surface area (Å²) in [7, 11) is 11.7. The van der Waals surface area contributed by atoms with Crippen molar-refractivity contribution in [2.75, 3.05) is 0 Å². The van der Waals surface area contributed by atoms with Crippen molar-refractivity contribution in [3.05, 3.63) is 48.4 Å². The molecule has 252 valence electrons. The van der Waals surface area contributed by atoms with Gasteiger partial charge in [-0.3, -0.25) is 0 Å². The van der Waals surface area contributed by atoms with Crippen molar-refractivity contribution in [1.29, 1.82) is 0 Å². The maximum atomic E-state index is 5.83. The van der Waals surface area contributed by atoms with Crippen LogP contribution in [-0.2, 0) is 0 Å². The molecule has 0 saturated heterocycles. The summed E-state index contributed by atoms with van der Waals surface area (Å²) in [4.78, 5) is 0. The molecule has 0 aromatic heterocycles. The lowest BCUT2D eigenvalue weighted by Crippen LogP contribution is -2.30. The van der Waals surface area contributed by atoms with Crippen LogP contribution in [0.2, 0.25) is 0 Å². The first-order chi connectivity index (χ1) is 18.9. The molecule has 0 unspecified atom stereocenters. The van der Waals surface area contributed by atoms with Crippen molar-refractivity contribution < 1.29 is 0 Å². The summed E-state index contributed by atoms with van der Waals surface area (Å²) in [6, 6.07) is 0. The van der Waals surface area contributed by atoms with Gasteiger partial charge in [-0.15, -0.1) is 24.1 Å². The van der Waals surface area contributed by atoms with E-state index < -0.39 is 0 Å². The average Bonchev–Trinajstić information content (AvgIpc) is 2.59. The van der Waals surface area contributed by atoms with Crippen LogP contribution in [-0.4, -0.2) is 15.7 Å². The summed E-state index contributed by atoms with van der Waals surface area (Å²) in [5, 5.41) is 0. The second kappa shape index (κ2) is 15.8. The van der Waals surface area contributed by atoms with Gasteiger partial charge in [-0.25, -0.2) is 0 Å². The van der Waals surface area contributed by atoms with Gasteiger partial charge in [0.15, 0.2) is 0 Å². The van der Waals surface area contributed by atoms with E-state index in [9.17, 15) is 0 Å². The summed E-state index contributed by atoms with van der Waals surface area (Å²) in [5.74, 6) is 0. The zero-order valence-electron chi connectivity index (χ0n) is 33.6. The van der Waals surface area contributed by atoms with Crippen LogP contribution in [0.3, 0.4) is 0 Å². The number of allylic oxidation sites excluding steroid dienone is 4. The van der Waals surface area contributed by atoms with Gasteiger partial charge in [0.2, 0.25) is 0 Å². The molecular weight excluding hydrogens is 526 g/mol. The molecule has 0 saturated carbocycles. The topological polar surface area (TPSA) is 0 Å². The first-order valence-corrected chi connectivity index (χ1v) is 17.1. The van der Waals surface area contributed by atoms with Gasteiger partial charge in [-0.1, -0.05) is 149 Å². The lowest BCUT2D eigenvalue weighted by molar-refractivity contribution is 0.136. The molecule has 0 nitrogen and oxygen atoms in total. The van der Waals surface area contributed by atoms with Crippen LogP contribution in [0.25, 0.3) is 0 Å². The maximum Gasteiger partial charge on any atom is 0.106 e. The molecule has 0 aliphatic rings. The van der Waals surface area contributed by atoms with Gasteiger partial charge >= 0.3 is 0 Å². The van der Waals surface area contributed by atoms with Crippen molar-refractivity contribution in [3.63, 3.8) is 0 Å². The highest BCUT2D eigenvalue weighted by Gasteiger charge is 2.37. The first-order valence-electron chi connectivity index (χ1n) is 17.1. The maximum absolute atomic E-state index is 5.83. The third-order valence-corrected chi connectivity index (χ3v) is 8.57. The van der Waals surface area contributed by atoms with Crippen molar-refractivity contribution in [3.8, 4) is 0 Å². The van der Waals surface area contributed by atoms with Crippen LogP contribution in [0.1, 0.15) is 176 Å². The quantitative estimate of drug-likeness (QED) is 0.121. The molecule has 0 aromatic carbocycles. The van der Waals surface area contributed by atoms with E-state index in [1.54, 1.807) is 0 Å². The molecule has 0 amide bonds. The van der Waals surface area contributed by atoms with E-state index in [1.165, 1.54) is 11.1 Å². The molecule has 0 bridgehead atoms. The molecular formula is C42H78B2. The van der Waals surface area contributed by atoms with Crippen LogP contribution in [0, 0.1) is 43.3 Å². The predicted molar refractivity (Wildman–Crippen MR) is 207 cm³/mol. The Balaban J connectivity index is 0. The normalized spacial score (nSPS) is 14.0. The lowest BCUT2D eigenvalue weighted by atomic mass is 9.63. The fraction of sp³-hybridized carbons (Fsp3) is 0.810. The zero-order valence-corrected chi connectivity index (χ0v) is 33.6. The minimum Gasteiger partial charge on any atom is -0.124 e. The van der Waals surface area contributed by atoms with E-state index >= 15 is 0 Å². The van der Waals surface area contributed by atoms with Crippen LogP contribution in [0.15, 0.2) is 48.4 Å². The molecule has 0 rings (SSSR count). The molecule has 0 atom stereocenters. The Morgan fingerprint density at radius 1 is 0.364 bits per heavy atom. The Hall–Kier alpha value is -0.910. The molecule has 2 heteroatoms. The third kappa shape index (κ3) is 21.8. The van der Waals surface area contributed by atoms with Gasteiger partial charge in [0.25, 0.3) is 0 Å². The highest BCUT2D eigenvalue weighted by molar-refractivity contribution is 6.21. The van der Waals surface area contributed by atoms with E-state index in [0.717, 1.165) is 62.3 Å². The Morgan fingerprint density at radius 2 is 0.591 bits per heavy atom. The van der Waals surface area contributed by atoms with E-state index in [-0.39, 0.29) is 32.5 Å². The number of rotatable bonds is 16. The highest BCUT2D eigenvalue weighted by atomic mass is 14.4. The van der Waals surface area contributed by atoms with Gasteiger partial charge in [-0.05, 0) is 94.7 Å². The molecule has 4 radical (unpaired) electrons. The molecule has 44 heavy (non-hydrogen) atoms. The predicted octanol–water partition coefficient (Wildman–Crippen LogP) is 13.8. The highest BCUT2D eigenvalue weighted by Crippen LogP contribution is 2.49. The standard InChI is InChI=1S/2C21H39B/c2*1-16(12-18(3,4)5)21(10,11)15-20(8,9)14-19(6,7)13-17(2)22/h2*1-2,12-15H2,3-11H3.